The third-order valence-corrected chi connectivity index (χ3v) is 4.00. The quantitative estimate of drug-likeness (QED) is 0.730. The maximum Gasteiger partial charge on any atom is 0.178 e. The van der Waals surface area contributed by atoms with Gasteiger partial charge < -0.3 is 4.57 Å². The zero-order chi connectivity index (χ0) is 13.8. The van der Waals surface area contributed by atoms with Gasteiger partial charge in [0.1, 0.15) is 0 Å². The van der Waals surface area contributed by atoms with Gasteiger partial charge in [-0.2, -0.15) is 0 Å². The van der Waals surface area contributed by atoms with Crippen molar-refractivity contribution >= 4 is 5.78 Å². The van der Waals surface area contributed by atoms with Gasteiger partial charge in [-0.05, 0) is 39.0 Å². The van der Waals surface area contributed by atoms with Crippen molar-refractivity contribution in [2.24, 2.45) is 7.05 Å². The number of likely N-dealkylation sites (N-methyl/N-ethyl adjacent to an activating group) is 2. The molecule has 0 aromatic carbocycles. The van der Waals surface area contributed by atoms with Crippen LogP contribution in [0.1, 0.15) is 30.1 Å². The summed E-state index contributed by atoms with van der Waals surface area (Å²) in [5, 5.41) is 0. The first-order valence-corrected chi connectivity index (χ1v) is 7.18. The van der Waals surface area contributed by atoms with E-state index < -0.39 is 0 Å². The van der Waals surface area contributed by atoms with Gasteiger partial charge in [-0.3, -0.25) is 14.6 Å². The van der Waals surface area contributed by atoms with Gasteiger partial charge in [0.2, 0.25) is 0 Å². The Hall–Kier alpha value is -1.13. The highest BCUT2D eigenvalue weighted by Crippen LogP contribution is 2.17. The molecule has 19 heavy (non-hydrogen) atoms. The Morgan fingerprint density at radius 3 is 2.95 bits per heavy atom. The van der Waals surface area contributed by atoms with E-state index in [1.165, 1.54) is 19.4 Å². The topological polar surface area (TPSA) is 28.5 Å². The molecule has 1 saturated heterocycles. The third kappa shape index (κ3) is 3.67. The van der Waals surface area contributed by atoms with Crippen LogP contribution in [0.25, 0.3) is 0 Å². The molecule has 0 amide bonds. The number of hydrogen-bond acceptors (Lipinski definition) is 3. The maximum atomic E-state index is 12.1. The van der Waals surface area contributed by atoms with Gasteiger partial charge >= 0.3 is 0 Å². The number of hydrogen-bond donors (Lipinski definition) is 0. The highest BCUT2D eigenvalue weighted by molar-refractivity contribution is 5.97. The van der Waals surface area contributed by atoms with Crippen LogP contribution < -0.4 is 0 Å². The fourth-order valence-corrected chi connectivity index (χ4v) is 2.95. The molecule has 0 saturated carbocycles. The Morgan fingerprint density at radius 1 is 1.53 bits per heavy atom. The molecule has 1 aliphatic heterocycles. The molecule has 1 fully saturated rings. The molecule has 4 heteroatoms. The van der Waals surface area contributed by atoms with Crippen LogP contribution in [0.5, 0.6) is 0 Å². The Balaban J connectivity index is 1.84. The zero-order valence-electron chi connectivity index (χ0n) is 12.3. The van der Waals surface area contributed by atoms with E-state index in [1.54, 1.807) is 0 Å². The summed E-state index contributed by atoms with van der Waals surface area (Å²) in [4.78, 5) is 16.8. The minimum atomic E-state index is 0.212. The van der Waals surface area contributed by atoms with Gasteiger partial charge in [0.15, 0.2) is 5.78 Å². The Bertz CT molecular complexity index is 427. The number of nitrogens with zero attached hydrogens (tertiary/aromatic N) is 3. The second-order valence-corrected chi connectivity index (χ2v) is 5.61. The molecule has 1 aromatic rings. The van der Waals surface area contributed by atoms with Gasteiger partial charge in [0, 0.05) is 37.6 Å². The van der Waals surface area contributed by atoms with E-state index in [1.807, 2.05) is 37.1 Å². The van der Waals surface area contributed by atoms with E-state index in [0.717, 1.165) is 18.7 Å². The predicted octanol–water partition coefficient (Wildman–Crippen LogP) is 1.62. The summed E-state index contributed by atoms with van der Waals surface area (Å²) in [6.45, 7) is 6.05. The minimum Gasteiger partial charge on any atom is -0.357 e. The van der Waals surface area contributed by atoms with Crippen molar-refractivity contribution in [2.45, 2.75) is 25.8 Å². The first kappa shape index (κ1) is 14.3. The second kappa shape index (κ2) is 6.35. The fraction of sp³-hybridized carbons (Fsp3) is 0.667. The maximum absolute atomic E-state index is 12.1. The molecule has 1 unspecified atom stereocenters. The van der Waals surface area contributed by atoms with Crippen LogP contribution in [0.3, 0.4) is 0 Å². The Morgan fingerprint density at radius 2 is 2.32 bits per heavy atom. The summed E-state index contributed by atoms with van der Waals surface area (Å²) >= 11 is 0. The predicted molar refractivity (Wildman–Crippen MR) is 77.5 cm³/mol. The van der Waals surface area contributed by atoms with Crippen molar-refractivity contribution < 1.29 is 4.79 Å². The Labute approximate surface area is 116 Å². The summed E-state index contributed by atoms with van der Waals surface area (Å²) in [5.41, 5.74) is 0.813. The second-order valence-electron chi connectivity index (χ2n) is 5.61. The number of aromatic nitrogens is 1. The molecule has 2 heterocycles. The van der Waals surface area contributed by atoms with E-state index in [9.17, 15) is 4.79 Å². The fourth-order valence-electron chi connectivity index (χ4n) is 2.95. The average Bonchev–Trinajstić information content (AvgIpc) is 2.97. The summed E-state index contributed by atoms with van der Waals surface area (Å²) in [6, 6.07) is 2.52. The summed E-state index contributed by atoms with van der Waals surface area (Å²) < 4.78 is 1.92. The van der Waals surface area contributed by atoms with Crippen molar-refractivity contribution in [3.8, 4) is 0 Å². The van der Waals surface area contributed by atoms with Crippen LogP contribution in [-0.4, -0.2) is 59.4 Å². The minimum absolute atomic E-state index is 0.212. The van der Waals surface area contributed by atoms with Crippen LogP contribution in [0.15, 0.2) is 18.5 Å². The van der Waals surface area contributed by atoms with Crippen LogP contribution in [0.4, 0.5) is 0 Å². The van der Waals surface area contributed by atoms with Crippen molar-refractivity contribution in [1.82, 2.24) is 14.4 Å². The smallest absolute Gasteiger partial charge is 0.178 e. The number of rotatable bonds is 6. The average molecular weight is 263 g/mol. The molecule has 0 spiro atoms. The normalized spacial score (nSPS) is 20.3. The van der Waals surface area contributed by atoms with Gasteiger partial charge in [-0.25, -0.2) is 0 Å². The van der Waals surface area contributed by atoms with Crippen LogP contribution in [-0.2, 0) is 7.05 Å². The SMILES string of the molecule is CCN1CCCC1CN(C)CC(=O)c1ccn(C)c1. The molecule has 1 atom stereocenters. The zero-order valence-corrected chi connectivity index (χ0v) is 12.3. The number of carbonyl (C=O) groups excluding carboxylic acids is 1. The first-order valence-electron chi connectivity index (χ1n) is 7.18. The summed E-state index contributed by atoms with van der Waals surface area (Å²) in [6.07, 6.45) is 6.36. The molecule has 0 aliphatic carbocycles. The van der Waals surface area contributed by atoms with E-state index in [-0.39, 0.29) is 5.78 Å². The molecular weight excluding hydrogens is 238 g/mol. The number of Topliss-reactive ketones (excluding diaryl/α,β-unsaturated/α-hetero) is 1. The van der Waals surface area contributed by atoms with Crippen molar-refractivity contribution in [3.63, 3.8) is 0 Å². The van der Waals surface area contributed by atoms with Crippen molar-refractivity contribution in [2.75, 3.05) is 33.2 Å². The molecule has 0 radical (unpaired) electrons. The first-order chi connectivity index (χ1) is 9.10. The number of aryl methyl sites for hydroxylation is 1. The number of likely N-dealkylation sites (tertiary alicyclic amines) is 1. The lowest BCUT2D eigenvalue weighted by Crippen LogP contribution is -2.40. The van der Waals surface area contributed by atoms with Crippen molar-refractivity contribution in [1.29, 1.82) is 0 Å². The lowest BCUT2D eigenvalue weighted by Gasteiger charge is -2.27. The monoisotopic (exact) mass is 263 g/mol. The van der Waals surface area contributed by atoms with Crippen LogP contribution in [0, 0.1) is 0 Å². The highest BCUT2D eigenvalue weighted by atomic mass is 16.1. The van der Waals surface area contributed by atoms with E-state index in [2.05, 4.69) is 16.7 Å². The lowest BCUT2D eigenvalue weighted by molar-refractivity contribution is 0.0929. The number of carbonyl (C=O) groups is 1. The molecule has 1 aliphatic rings. The van der Waals surface area contributed by atoms with Crippen LogP contribution >= 0.6 is 0 Å². The molecule has 2 rings (SSSR count). The van der Waals surface area contributed by atoms with E-state index in [0.29, 0.717) is 12.6 Å². The van der Waals surface area contributed by atoms with Crippen molar-refractivity contribution in [3.05, 3.63) is 24.0 Å². The van der Waals surface area contributed by atoms with Crippen LogP contribution in [0.2, 0.25) is 0 Å². The molecule has 0 N–H and O–H groups in total. The molecule has 0 bridgehead atoms. The number of ketones is 1. The lowest BCUT2D eigenvalue weighted by atomic mass is 10.2. The highest BCUT2D eigenvalue weighted by Gasteiger charge is 2.24. The molecule has 1 aromatic heterocycles. The van der Waals surface area contributed by atoms with Gasteiger partial charge in [0.05, 0.1) is 6.54 Å². The summed E-state index contributed by atoms with van der Waals surface area (Å²) in [5.74, 6) is 0.212. The third-order valence-electron chi connectivity index (χ3n) is 4.00. The summed E-state index contributed by atoms with van der Waals surface area (Å²) in [7, 11) is 3.99. The van der Waals surface area contributed by atoms with E-state index >= 15 is 0 Å². The standard InChI is InChI=1S/C15H25N3O/c1-4-18-8-5-6-14(18)11-17(3)12-15(19)13-7-9-16(2)10-13/h7,9-10,14H,4-6,8,11-12H2,1-3H3. The molecule has 106 valence electrons. The van der Waals surface area contributed by atoms with E-state index in [4.69, 9.17) is 0 Å². The van der Waals surface area contributed by atoms with Gasteiger partial charge in [-0.15, -0.1) is 0 Å². The molecule has 4 nitrogen and oxygen atoms in total. The Kier molecular flexibility index (Phi) is 4.77. The largest absolute Gasteiger partial charge is 0.357 e. The van der Waals surface area contributed by atoms with Gasteiger partial charge in [-0.1, -0.05) is 6.92 Å². The molecular formula is C15H25N3O. The van der Waals surface area contributed by atoms with Gasteiger partial charge in [0.25, 0.3) is 0 Å².